The van der Waals surface area contributed by atoms with E-state index in [0.29, 0.717) is 31.0 Å². The normalized spacial score (nSPS) is 10.8. The Balaban J connectivity index is 1.53. The summed E-state index contributed by atoms with van der Waals surface area (Å²) in [6.45, 7) is 2.04. The number of hydrogen-bond acceptors (Lipinski definition) is 7. The monoisotopic (exact) mass is 439 g/mol. The van der Waals surface area contributed by atoms with E-state index >= 15 is 0 Å². The Kier molecular flexibility index (Phi) is 8.37. The standard InChI is InChI=1S/C23H29N5O2S/c1-27(2)14-15-28(3)21(29)12-11-19-17-31-23(25-19)26-22-20(10-7-13-24-22)30-16-18-8-5-4-6-9-18/h4-10,13,17H,11-12,14-16H2,1-3H3,(H,24,25,26). The van der Waals surface area contributed by atoms with Crippen molar-refractivity contribution in [1.29, 1.82) is 0 Å². The fourth-order valence-corrected chi connectivity index (χ4v) is 3.56. The summed E-state index contributed by atoms with van der Waals surface area (Å²) in [4.78, 5) is 25.1. The molecule has 0 aliphatic rings. The summed E-state index contributed by atoms with van der Waals surface area (Å²) in [5, 5.41) is 5.95. The van der Waals surface area contributed by atoms with E-state index in [2.05, 4.69) is 20.2 Å². The van der Waals surface area contributed by atoms with Crippen LogP contribution < -0.4 is 10.1 Å². The number of thiazole rings is 1. The Bertz CT molecular complexity index is 961. The molecule has 0 bridgehead atoms. The quantitative estimate of drug-likeness (QED) is 0.490. The van der Waals surface area contributed by atoms with Gasteiger partial charge in [-0.05, 0) is 38.2 Å². The highest BCUT2D eigenvalue weighted by Gasteiger charge is 2.12. The predicted octanol–water partition coefficient (Wildman–Crippen LogP) is 3.81. The first-order valence-corrected chi connectivity index (χ1v) is 11.1. The predicted molar refractivity (Wildman–Crippen MR) is 125 cm³/mol. The number of pyridine rings is 1. The molecule has 0 saturated carbocycles. The Morgan fingerprint density at radius 1 is 1.10 bits per heavy atom. The van der Waals surface area contributed by atoms with Gasteiger partial charge >= 0.3 is 0 Å². The molecule has 8 heteroatoms. The zero-order chi connectivity index (χ0) is 22.1. The lowest BCUT2D eigenvalue weighted by molar-refractivity contribution is -0.130. The van der Waals surface area contributed by atoms with Crippen molar-refractivity contribution in [3.05, 3.63) is 65.3 Å². The Hall–Kier alpha value is -2.97. The molecule has 0 radical (unpaired) electrons. The van der Waals surface area contributed by atoms with E-state index in [1.165, 1.54) is 11.3 Å². The molecule has 164 valence electrons. The Morgan fingerprint density at radius 3 is 2.68 bits per heavy atom. The minimum atomic E-state index is 0.130. The number of amides is 1. The average Bonchev–Trinajstić information content (AvgIpc) is 3.23. The number of benzene rings is 1. The average molecular weight is 440 g/mol. The van der Waals surface area contributed by atoms with Gasteiger partial charge < -0.3 is 19.9 Å². The van der Waals surface area contributed by atoms with Gasteiger partial charge in [-0.2, -0.15) is 0 Å². The number of carbonyl (C=O) groups excluding carboxylic acids is 1. The van der Waals surface area contributed by atoms with Crippen LogP contribution >= 0.6 is 11.3 Å². The molecule has 1 amide bonds. The first kappa shape index (κ1) is 22.7. The summed E-state index contributed by atoms with van der Waals surface area (Å²) < 4.78 is 5.95. The third-order valence-corrected chi connectivity index (χ3v) is 5.49. The molecule has 31 heavy (non-hydrogen) atoms. The van der Waals surface area contributed by atoms with E-state index in [-0.39, 0.29) is 5.91 Å². The molecule has 2 aromatic heterocycles. The number of rotatable bonds is 11. The van der Waals surface area contributed by atoms with Gasteiger partial charge in [-0.15, -0.1) is 11.3 Å². The van der Waals surface area contributed by atoms with Crippen LogP contribution in [-0.4, -0.2) is 59.9 Å². The lowest BCUT2D eigenvalue weighted by Gasteiger charge is -2.19. The number of aryl methyl sites for hydroxylation is 1. The fourth-order valence-electron chi connectivity index (χ4n) is 2.82. The van der Waals surface area contributed by atoms with Gasteiger partial charge in [0.05, 0.1) is 5.69 Å². The highest BCUT2D eigenvalue weighted by atomic mass is 32.1. The summed E-state index contributed by atoms with van der Waals surface area (Å²) in [6.07, 6.45) is 2.78. The van der Waals surface area contributed by atoms with Crippen LogP contribution in [0, 0.1) is 0 Å². The second kappa shape index (κ2) is 11.4. The van der Waals surface area contributed by atoms with Crippen molar-refractivity contribution in [2.75, 3.05) is 39.5 Å². The van der Waals surface area contributed by atoms with Gasteiger partial charge in [0.1, 0.15) is 6.61 Å². The van der Waals surface area contributed by atoms with Crippen molar-refractivity contribution in [1.82, 2.24) is 19.8 Å². The number of nitrogens with one attached hydrogen (secondary N) is 1. The third kappa shape index (κ3) is 7.34. The molecule has 0 aliphatic carbocycles. The minimum Gasteiger partial charge on any atom is -0.485 e. The van der Waals surface area contributed by atoms with Crippen LogP contribution in [0.5, 0.6) is 5.75 Å². The first-order valence-electron chi connectivity index (χ1n) is 10.2. The maximum atomic E-state index is 12.3. The highest BCUT2D eigenvalue weighted by molar-refractivity contribution is 7.13. The van der Waals surface area contributed by atoms with Gasteiger partial charge in [-0.3, -0.25) is 4.79 Å². The maximum Gasteiger partial charge on any atom is 0.222 e. The van der Waals surface area contributed by atoms with E-state index in [1.807, 2.05) is 69.0 Å². The summed E-state index contributed by atoms with van der Waals surface area (Å²) in [5.74, 6) is 1.42. The van der Waals surface area contributed by atoms with Crippen LogP contribution in [0.25, 0.3) is 0 Å². The molecule has 0 saturated heterocycles. The molecular weight excluding hydrogens is 410 g/mol. The smallest absolute Gasteiger partial charge is 0.222 e. The van der Waals surface area contributed by atoms with Crippen LogP contribution in [0.2, 0.25) is 0 Å². The minimum absolute atomic E-state index is 0.130. The molecule has 0 atom stereocenters. The van der Waals surface area contributed by atoms with Gasteiger partial charge in [-0.25, -0.2) is 9.97 Å². The summed E-state index contributed by atoms with van der Waals surface area (Å²) in [7, 11) is 5.85. The van der Waals surface area contributed by atoms with Crippen molar-refractivity contribution in [2.24, 2.45) is 0 Å². The number of nitrogens with zero attached hydrogens (tertiary/aromatic N) is 4. The Labute approximate surface area is 187 Å². The number of anilines is 2. The number of hydrogen-bond donors (Lipinski definition) is 1. The van der Waals surface area contributed by atoms with Crippen molar-refractivity contribution < 1.29 is 9.53 Å². The van der Waals surface area contributed by atoms with Crippen LogP contribution in [0.4, 0.5) is 10.9 Å². The topological polar surface area (TPSA) is 70.6 Å². The van der Waals surface area contributed by atoms with Crippen LogP contribution in [0.3, 0.4) is 0 Å². The number of carbonyl (C=O) groups is 1. The van der Waals surface area contributed by atoms with Crippen LogP contribution in [-0.2, 0) is 17.8 Å². The van der Waals surface area contributed by atoms with Crippen molar-refractivity contribution in [3.63, 3.8) is 0 Å². The Morgan fingerprint density at radius 2 is 1.90 bits per heavy atom. The lowest BCUT2D eigenvalue weighted by Crippen LogP contribution is -2.33. The van der Waals surface area contributed by atoms with E-state index in [9.17, 15) is 4.79 Å². The molecular formula is C23H29N5O2S. The molecule has 7 nitrogen and oxygen atoms in total. The van der Waals surface area contributed by atoms with Crippen molar-refractivity contribution >= 4 is 28.2 Å². The van der Waals surface area contributed by atoms with Crippen molar-refractivity contribution in [3.8, 4) is 5.75 Å². The van der Waals surface area contributed by atoms with E-state index in [0.717, 1.165) is 29.5 Å². The van der Waals surface area contributed by atoms with Crippen LogP contribution in [0.15, 0.2) is 54.0 Å². The molecule has 3 rings (SSSR count). The van der Waals surface area contributed by atoms with Crippen molar-refractivity contribution in [2.45, 2.75) is 19.4 Å². The zero-order valence-corrected chi connectivity index (χ0v) is 19.1. The van der Waals surface area contributed by atoms with Gasteiger partial charge in [-0.1, -0.05) is 30.3 Å². The second-order valence-corrected chi connectivity index (χ2v) is 8.37. The molecule has 0 aliphatic heterocycles. The SMILES string of the molecule is CN(C)CCN(C)C(=O)CCc1csc(Nc2ncccc2OCc2ccccc2)n1. The maximum absolute atomic E-state index is 12.3. The molecule has 0 unspecified atom stereocenters. The summed E-state index contributed by atoms with van der Waals surface area (Å²) in [6, 6.07) is 13.7. The molecule has 3 aromatic rings. The molecule has 1 aromatic carbocycles. The van der Waals surface area contributed by atoms with Gasteiger partial charge in [0.15, 0.2) is 16.7 Å². The van der Waals surface area contributed by atoms with Gasteiger partial charge in [0, 0.05) is 38.1 Å². The molecule has 2 heterocycles. The lowest BCUT2D eigenvalue weighted by atomic mass is 10.2. The molecule has 0 fully saturated rings. The summed E-state index contributed by atoms with van der Waals surface area (Å²) in [5.41, 5.74) is 1.98. The second-order valence-electron chi connectivity index (χ2n) is 7.51. The molecule has 0 spiro atoms. The van der Waals surface area contributed by atoms with Gasteiger partial charge in [0.2, 0.25) is 5.91 Å². The zero-order valence-electron chi connectivity index (χ0n) is 18.2. The van der Waals surface area contributed by atoms with Crippen LogP contribution in [0.1, 0.15) is 17.7 Å². The van der Waals surface area contributed by atoms with E-state index < -0.39 is 0 Å². The fraction of sp³-hybridized carbons (Fsp3) is 0.348. The number of likely N-dealkylation sites (N-methyl/N-ethyl adjacent to an activating group) is 2. The van der Waals surface area contributed by atoms with E-state index in [4.69, 9.17) is 4.74 Å². The third-order valence-electron chi connectivity index (χ3n) is 4.69. The largest absolute Gasteiger partial charge is 0.485 e. The number of aromatic nitrogens is 2. The molecule has 1 N–H and O–H groups in total. The highest BCUT2D eigenvalue weighted by Crippen LogP contribution is 2.27. The van der Waals surface area contributed by atoms with E-state index in [1.54, 1.807) is 11.1 Å². The first-order chi connectivity index (χ1) is 15.0. The number of ether oxygens (including phenoxy) is 1. The van der Waals surface area contributed by atoms with Gasteiger partial charge in [0.25, 0.3) is 0 Å². The summed E-state index contributed by atoms with van der Waals surface area (Å²) >= 11 is 1.49.